The molecule has 1 atom stereocenters. The highest BCUT2D eigenvalue weighted by molar-refractivity contribution is 8.00. The van der Waals surface area contributed by atoms with Gasteiger partial charge in [0.15, 0.2) is 0 Å². The maximum atomic E-state index is 13.2. The van der Waals surface area contributed by atoms with E-state index in [1.54, 1.807) is 17.8 Å². The Morgan fingerprint density at radius 2 is 1.12 bits per heavy atom. The van der Waals surface area contributed by atoms with Crippen molar-refractivity contribution in [3.8, 4) is 11.1 Å². The van der Waals surface area contributed by atoms with Crippen LogP contribution in [0.1, 0.15) is 74.2 Å². The summed E-state index contributed by atoms with van der Waals surface area (Å²) in [6.07, 6.45) is -0.448. The van der Waals surface area contributed by atoms with Crippen LogP contribution in [-0.4, -0.2) is 41.6 Å². The number of alkyl carbamates (subject to hydrolysis) is 1. The minimum atomic E-state index is -0.627. The van der Waals surface area contributed by atoms with E-state index in [1.807, 2.05) is 90.1 Å². The van der Waals surface area contributed by atoms with Gasteiger partial charge in [-0.05, 0) is 93.1 Å². The molecule has 270 valence electrons. The molecule has 0 aliphatic rings. The molecular formula is C45H50N2O4S. The molecular weight excluding hydrogens is 665 g/mol. The number of thioether (sulfide) groups is 1. The lowest BCUT2D eigenvalue weighted by atomic mass is 9.84. The average molecular weight is 715 g/mol. The van der Waals surface area contributed by atoms with E-state index in [0.29, 0.717) is 24.4 Å². The number of benzene rings is 5. The van der Waals surface area contributed by atoms with Crippen molar-refractivity contribution in [2.24, 2.45) is 0 Å². The van der Waals surface area contributed by atoms with Gasteiger partial charge in [-0.2, -0.15) is 0 Å². The van der Waals surface area contributed by atoms with Gasteiger partial charge in [0.05, 0.1) is 16.4 Å². The van der Waals surface area contributed by atoms with Gasteiger partial charge in [0.1, 0.15) is 11.2 Å². The van der Waals surface area contributed by atoms with Gasteiger partial charge in [0.25, 0.3) is 0 Å². The van der Waals surface area contributed by atoms with E-state index < -0.39 is 22.0 Å². The highest BCUT2D eigenvalue weighted by Gasteiger charge is 2.38. The van der Waals surface area contributed by atoms with Crippen molar-refractivity contribution in [3.05, 3.63) is 167 Å². The predicted molar refractivity (Wildman–Crippen MR) is 214 cm³/mol. The molecule has 0 bridgehead atoms. The molecule has 5 aromatic rings. The number of amides is 1. The fraction of sp³-hybridized carbons (Fsp3) is 0.289. The third-order valence-electron chi connectivity index (χ3n) is 8.24. The summed E-state index contributed by atoms with van der Waals surface area (Å²) in [6.45, 7) is 12.3. The molecule has 0 fully saturated rings. The highest BCUT2D eigenvalue weighted by Crippen LogP contribution is 2.48. The second-order valence-electron chi connectivity index (χ2n) is 14.8. The van der Waals surface area contributed by atoms with Crippen molar-refractivity contribution in [2.45, 2.75) is 70.1 Å². The molecule has 0 heterocycles. The number of hydrogen-bond donors (Lipinski definition) is 2. The van der Waals surface area contributed by atoms with Crippen molar-refractivity contribution in [2.75, 3.05) is 12.3 Å². The number of ether oxygens (including phenoxy) is 2. The van der Waals surface area contributed by atoms with Gasteiger partial charge in [-0.25, -0.2) is 9.59 Å². The summed E-state index contributed by atoms with van der Waals surface area (Å²) in [5.74, 6) is 0.256. The smallest absolute Gasteiger partial charge is 0.407 e. The van der Waals surface area contributed by atoms with Crippen LogP contribution in [0.2, 0.25) is 0 Å². The number of carbonyl (C=O) groups is 2. The summed E-state index contributed by atoms with van der Waals surface area (Å²) in [4.78, 5) is 25.9. The van der Waals surface area contributed by atoms with Crippen LogP contribution < -0.4 is 10.6 Å². The topological polar surface area (TPSA) is 76.7 Å². The Morgan fingerprint density at radius 3 is 1.63 bits per heavy atom. The van der Waals surface area contributed by atoms with E-state index in [-0.39, 0.29) is 12.0 Å². The first-order valence-electron chi connectivity index (χ1n) is 17.8. The van der Waals surface area contributed by atoms with Crippen molar-refractivity contribution in [3.63, 3.8) is 0 Å². The summed E-state index contributed by atoms with van der Waals surface area (Å²) in [5.41, 5.74) is 5.82. The molecule has 52 heavy (non-hydrogen) atoms. The van der Waals surface area contributed by atoms with Gasteiger partial charge in [0.2, 0.25) is 0 Å². The first-order chi connectivity index (χ1) is 24.8. The molecule has 0 aromatic heterocycles. The van der Waals surface area contributed by atoms with Crippen molar-refractivity contribution in [1.82, 2.24) is 10.6 Å². The fourth-order valence-corrected chi connectivity index (χ4v) is 7.59. The standard InChI is InChI=1S/C45H50N2O4S/c1-43(2,3)50-41(48)36-21-17-20-35(29-36)34-19-16-18-33(28-34)30-46-31-40(47-42(49)51-44(4,5)6)32-52-45(37-22-10-7-11-23-37,38-24-12-8-13-25-38)39-26-14-9-15-27-39/h7-29,40,46H,30-32H2,1-6H3,(H,47,49)/t40-/m1/s1. The third kappa shape index (κ3) is 10.6. The minimum Gasteiger partial charge on any atom is -0.456 e. The van der Waals surface area contributed by atoms with Gasteiger partial charge < -0.3 is 20.1 Å². The first kappa shape index (κ1) is 38.4. The molecule has 5 rings (SSSR count). The van der Waals surface area contributed by atoms with Crippen LogP contribution in [0.3, 0.4) is 0 Å². The van der Waals surface area contributed by atoms with Gasteiger partial charge in [0, 0.05) is 18.8 Å². The largest absolute Gasteiger partial charge is 0.456 e. The van der Waals surface area contributed by atoms with Gasteiger partial charge >= 0.3 is 12.1 Å². The summed E-state index contributed by atoms with van der Waals surface area (Å²) < 4.78 is 10.8. The molecule has 0 aliphatic carbocycles. The van der Waals surface area contributed by atoms with E-state index in [1.165, 1.54) is 0 Å². The van der Waals surface area contributed by atoms with Gasteiger partial charge in [-0.15, -0.1) is 11.8 Å². The summed E-state index contributed by atoms with van der Waals surface area (Å²) in [5, 5.41) is 6.77. The Bertz CT molecular complexity index is 1800. The van der Waals surface area contributed by atoms with Crippen LogP contribution >= 0.6 is 11.8 Å². The van der Waals surface area contributed by atoms with Crippen LogP contribution in [0.4, 0.5) is 4.79 Å². The lowest BCUT2D eigenvalue weighted by Gasteiger charge is -2.37. The highest BCUT2D eigenvalue weighted by atomic mass is 32.2. The molecule has 7 heteroatoms. The monoisotopic (exact) mass is 714 g/mol. The van der Waals surface area contributed by atoms with E-state index >= 15 is 0 Å². The molecule has 0 spiro atoms. The molecule has 0 saturated carbocycles. The van der Waals surface area contributed by atoms with Gasteiger partial charge in [-0.3, -0.25) is 0 Å². The van der Waals surface area contributed by atoms with Crippen LogP contribution in [0.25, 0.3) is 11.1 Å². The number of rotatable bonds is 13. The zero-order valence-corrected chi connectivity index (χ0v) is 31.8. The van der Waals surface area contributed by atoms with Crippen LogP contribution in [0, 0.1) is 0 Å². The Kier molecular flexibility index (Phi) is 12.6. The summed E-state index contributed by atoms with van der Waals surface area (Å²) in [6, 6.07) is 47.2. The number of carbonyl (C=O) groups excluding carboxylic acids is 2. The lowest BCUT2D eigenvalue weighted by Crippen LogP contribution is -2.46. The zero-order chi connectivity index (χ0) is 37.2. The molecule has 6 nitrogen and oxygen atoms in total. The summed E-state index contributed by atoms with van der Waals surface area (Å²) >= 11 is 1.80. The zero-order valence-electron chi connectivity index (χ0n) is 31.0. The quantitative estimate of drug-likeness (QED) is 0.0934. The molecule has 0 aliphatic heterocycles. The SMILES string of the molecule is CC(C)(C)OC(=O)N[C@H](CNCc1cccc(-c2cccc(C(=O)OC(C)(C)C)c2)c1)CSC(c1ccccc1)(c1ccccc1)c1ccccc1. The molecule has 5 aromatic carbocycles. The maximum absolute atomic E-state index is 13.2. The van der Waals surface area contributed by atoms with E-state index in [4.69, 9.17) is 9.47 Å². The van der Waals surface area contributed by atoms with E-state index in [9.17, 15) is 9.59 Å². The molecule has 1 amide bonds. The number of nitrogens with one attached hydrogen (secondary N) is 2. The predicted octanol–water partition coefficient (Wildman–Crippen LogP) is 10.0. The molecule has 0 radical (unpaired) electrons. The van der Waals surface area contributed by atoms with Crippen molar-refractivity contribution < 1.29 is 19.1 Å². The van der Waals surface area contributed by atoms with Crippen molar-refractivity contribution in [1.29, 1.82) is 0 Å². The Balaban J connectivity index is 1.38. The fourth-order valence-electron chi connectivity index (χ4n) is 6.03. The maximum Gasteiger partial charge on any atom is 0.407 e. The molecule has 2 N–H and O–H groups in total. The van der Waals surface area contributed by atoms with Crippen LogP contribution in [0.5, 0.6) is 0 Å². The average Bonchev–Trinajstić information content (AvgIpc) is 3.12. The lowest BCUT2D eigenvalue weighted by molar-refractivity contribution is 0.00692. The number of esters is 1. The Labute approximate surface area is 313 Å². The van der Waals surface area contributed by atoms with Crippen LogP contribution in [0.15, 0.2) is 140 Å². The Hall–Kier alpha value is -4.85. The van der Waals surface area contributed by atoms with Crippen molar-refractivity contribution >= 4 is 23.8 Å². The normalized spacial score (nSPS) is 12.5. The molecule has 0 unspecified atom stereocenters. The van der Waals surface area contributed by atoms with E-state index in [2.05, 4.69) is 95.6 Å². The van der Waals surface area contributed by atoms with E-state index in [0.717, 1.165) is 33.4 Å². The number of hydrogen-bond acceptors (Lipinski definition) is 6. The van der Waals surface area contributed by atoms with Gasteiger partial charge in [-0.1, -0.05) is 121 Å². The second kappa shape index (κ2) is 17.1. The minimum absolute atomic E-state index is 0.260. The Morgan fingerprint density at radius 1 is 0.615 bits per heavy atom. The van der Waals surface area contributed by atoms with Crippen LogP contribution in [-0.2, 0) is 20.8 Å². The third-order valence-corrected chi connectivity index (χ3v) is 9.95. The first-order valence-corrected chi connectivity index (χ1v) is 18.7. The molecule has 0 saturated heterocycles. The second-order valence-corrected chi connectivity index (χ2v) is 16.1. The summed E-state index contributed by atoms with van der Waals surface area (Å²) in [7, 11) is 0.